The van der Waals surface area contributed by atoms with Gasteiger partial charge in [-0.25, -0.2) is 0 Å². The molecule has 3 rings (SSSR count). The topological polar surface area (TPSA) is 21.3 Å². The van der Waals surface area contributed by atoms with E-state index >= 15 is 0 Å². The Morgan fingerprint density at radius 3 is 2.10 bits per heavy atom. The molecular formula is C18H21NO. The number of benzene rings is 2. The first-order chi connectivity index (χ1) is 9.72. The largest absolute Gasteiger partial charge is 0.368 e. The fourth-order valence-electron chi connectivity index (χ4n) is 2.63. The minimum atomic E-state index is 0.172. The molecule has 2 nitrogen and oxygen atoms in total. The first-order valence-electron chi connectivity index (χ1n) is 7.25. The summed E-state index contributed by atoms with van der Waals surface area (Å²) >= 11 is 0. The lowest BCUT2D eigenvalue weighted by molar-refractivity contribution is -0.0287. The monoisotopic (exact) mass is 267 g/mol. The van der Waals surface area contributed by atoms with Gasteiger partial charge in [-0.1, -0.05) is 54.1 Å². The third kappa shape index (κ3) is 2.92. The SMILES string of the molecule is Cc1ccc(-c2ccc(C3CNCC(C)O3)cc2)cc1. The van der Waals surface area contributed by atoms with Gasteiger partial charge in [0.2, 0.25) is 0 Å². The zero-order valence-electron chi connectivity index (χ0n) is 12.1. The maximum Gasteiger partial charge on any atom is 0.0953 e. The zero-order valence-corrected chi connectivity index (χ0v) is 12.1. The van der Waals surface area contributed by atoms with Crippen LogP contribution in [0.3, 0.4) is 0 Å². The first-order valence-corrected chi connectivity index (χ1v) is 7.25. The molecule has 1 aliphatic rings. The fourth-order valence-corrected chi connectivity index (χ4v) is 2.63. The summed E-state index contributed by atoms with van der Waals surface area (Å²) in [7, 11) is 0. The van der Waals surface area contributed by atoms with Crippen LogP contribution in [-0.2, 0) is 4.74 Å². The van der Waals surface area contributed by atoms with Gasteiger partial charge in [-0.2, -0.15) is 0 Å². The second-order valence-electron chi connectivity index (χ2n) is 5.58. The van der Waals surface area contributed by atoms with Crippen molar-refractivity contribution >= 4 is 0 Å². The molecule has 2 unspecified atom stereocenters. The predicted molar refractivity (Wildman–Crippen MR) is 82.8 cm³/mol. The summed E-state index contributed by atoms with van der Waals surface area (Å²) in [6.07, 6.45) is 0.455. The molecule has 0 aromatic heterocycles. The molecule has 2 aromatic carbocycles. The summed E-state index contributed by atoms with van der Waals surface area (Å²) < 4.78 is 5.97. The summed E-state index contributed by atoms with van der Waals surface area (Å²) in [6.45, 7) is 6.06. The molecule has 2 atom stereocenters. The molecule has 0 amide bonds. The summed E-state index contributed by atoms with van der Waals surface area (Å²) in [5, 5.41) is 3.41. The van der Waals surface area contributed by atoms with Crippen molar-refractivity contribution in [2.45, 2.75) is 26.1 Å². The lowest BCUT2D eigenvalue weighted by Crippen LogP contribution is -2.38. The van der Waals surface area contributed by atoms with Gasteiger partial charge in [-0.3, -0.25) is 0 Å². The lowest BCUT2D eigenvalue weighted by Gasteiger charge is -2.29. The predicted octanol–water partition coefficient (Wildman–Crippen LogP) is 3.71. The van der Waals surface area contributed by atoms with E-state index in [2.05, 4.69) is 67.7 Å². The van der Waals surface area contributed by atoms with Gasteiger partial charge in [-0.05, 0) is 30.5 Å². The number of nitrogens with one attached hydrogen (secondary N) is 1. The van der Waals surface area contributed by atoms with Crippen LogP contribution in [0, 0.1) is 6.92 Å². The summed E-state index contributed by atoms with van der Waals surface area (Å²) in [4.78, 5) is 0. The molecule has 0 bridgehead atoms. The fraction of sp³-hybridized carbons (Fsp3) is 0.333. The van der Waals surface area contributed by atoms with Crippen LogP contribution in [0.5, 0.6) is 0 Å². The molecular weight excluding hydrogens is 246 g/mol. The van der Waals surface area contributed by atoms with E-state index in [0.29, 0.717) is 0 Å². The average Bonchev–Trinajstić information content (AvgIpc) is 2.48. The number of rotatable bonds is 2. The van der Waals surface area contributed by atoms with Crippen molar-refractivity contribution in [3.8, 4) is 11.1 Å². The van der Waals surface area contributed by atoms with E-state index in [1.807, 2.05) is 0 Å². The summed E-state index contributed by atoms with van der Waals surface area (Å²) in [5.41, 5.74) is 5.06. The Hall–Kier alpha value is -1.64. The van der Waals surface area contributed by atoms with Gasteiger partial charge >= 0.3 is 0 Å². The zero-order chi connectivity index (χ0) is 13.9. The molecule has 1 saturated heterocycles. The van der Waals surface area contributed by atoms with Gasteiger partial charge in [0.1, 0.15) is 0 Å². The Morgan fingerprint density at radius 1 is 0.900 bits per heavy atom. The van der Waals surface area contributed by atoms with Crippen molar-refractivity contribution in [2.24, 2.45) is 0 Å². The minimum Gasteiger partial charge on any atom is -0.368 e. The molecule has 0 radical (unpaired) electrons. The molecule has 1 N–H and O–H groups in total. The second-order valence-corrected chi connectivity index (χ2v) is 5.58. The van der Waals surface area contributed by atoms with Gasteiger partial charge in [0.05, 0.1) is 12.2 Å². The van der Waals surface area contributed by atoms with Gasteiger partial charge in [0.15, 0.2) is 0 Å². The van der Waals surface area contributed by atoms with E-state index in [9.17, 15) is 0 Å². The van der Waals surface area contributed by atoms with Crippen molar-refractivity contribution in [3.05, 3.63) is 59.7 Å². The third-order valence-corrected chi connectivity index (χ3v) is 3.83. The van der Waals surface area contributed by atoms with Gasteiger partial charge in [0, 0.05) is 13.1 Å². The quantitative estimate of drug-likeness (QED) is 0.895. The highest BCUT2D eigenvalue weighted by molar-refractivity contribution is 5.64. The van der Waals surface area contributed by atoms with E-state index in [1.54, 1.807) is 0 Å². The van der Waals surface area contributed by atoms with E-state index in [0.717, 1.165) is 13.1 Å². The first kappa shape index (κ1) is 13.3. The number of aryl methyl sites for hydroxylation is 1. The molecule has 0 saturated carbocycles. The summed E-state index contributed by atoms with van der Waals surface area (Å²) in [6, 6.07) is 17.4. The summed E-state index contributed by atoms with van der Waals surface area (Å²) in [5.74, 6) is 0. The van der Waals surface area contributed by atoms with Crippen LogP contribution < -0.4 is 5.32 Å². The Bertz CT molecular complexity index is 559. The number of ether oxygens (including phenoxy) is 1. The van der Waals surface area contributed by atoms with E-state index in [-0.39, 0.29) is 12.2 Å². The number of morpholine rings is 1. The third-order valence-electron chi connectivity index (χ3n) is 3.83. The van der Waals surface area contributed by atoms with Gasteiger partial charge in [-0.15, -0.1) is 0 Å². The highest BCUT2D eigenvalue weighted by atomic mass is 16.5. The van der Waals surface area contributed by atoms with Crippen LogP contribution in [0.1, 0.15) is 24.2 Å². The second kappa shape index (κ2) is 5.78. The number of hydrogen-bond donors (Lipinski definition) is 1. The van der Waals surface area contributed by atoms with E-state index in [4.69, 9.17) is 4.74 Å². The molecule has 20 heavy (non-hydrogen) atoms. The molecule has 104 valence electrons. The van der Waals surface area contributed by atoms with Crippen molar-refractivity contribution in [3.63, 3.8) is 0 Å². The smallest absolute Gasteiger partial charge is 0.0953 e. The maximum absolute atomic E-state index is 5.97. The normalized spacial score (nSPS) is 22.7. The van der Waals surface area contributed by atoms with Crippen molar-refractivity contribution in [1.82, 2.24) is 5.32 Å². The Balaban J connectivity index is 1.78. The van der Waals surface area contributed by atoms with Crippen molar-refractivity contribution < 1.29 is 4.74 Å². The molecule has 1 fully saturated rings. The van der Waals surface area contributed by atoms with Gasteiger partial charge in [0.25, 0.3) is 0 Å². The van der Waals surface area contributed by atoms with Gasteiger partial charge < -0.3 is 10.1 Å². The minimum absolute atomic E-state index is 0.172. The van der Waals surface area contributed by atoms with Crippen LogP contribution in [-0.4, -0.2) is 19.2 Å². The Morgan fingerprint density at radius 2 is 1.50 bits per heavy atom. The van der Waals surface area contributed by atoms with Crippen molar-refractivity contribution in [1.29, 1.82) is 0 Å². The molecule has 2 aromatic rings. The highest BCUT2D eigenvalue weighted by Crippen LogP contribution is 2.25. The van der Waals surface area contributed by atoms with Crippen LogP contribution in [0.15, 0.2) is 48.5 Å². The van der Waals surface area contributed by atoms with Crippen LogP contribution >= 0.6 is 0 Å². The average molecular weight is 267 g/mol. The molecule has 1 aliphatic heterocycles. The number of hydrogen-bond acceptors (Lipinski definition) is 2. The Kier molecular flexibility index (Phi) is 3.86. The van der Waals surface area contributed by atoms with Crippen LogP contribution in [0.2, 0.25) is 0 Å². The van der Waals surface area contributed by atoms with Crippen LogP contribution in [0.25, 0.3) is 11.1 Å². The lowest BCUT2D eigenvalue weighted by atomic mass is 10.0. The van der Waals surface area contributed by atoms with Crippen LogP contribution in [0.4, 0.5) is 0 Å². The standard InChI is InChI=1S/C18H21NO/c1-13-3-5-15(6-4-13)16-7-9-17(10-8-16)18-12-19-11-14(2)20-18/h3-10,14,18-19H,11-12H2,1-2H3. The maximum atomic E-state index is 5.97. The Labute approximate surface area is 120 Å². The molecule has 0 spiro atoms. The highest BCUT2D eigenvalue weighted by Gasteiger charge is 2.20. The molecule has 0 aliphatic carbocycles. The van der Waals surface area contributed by atoms with E-state index < -0.39 is 0 Å². The molecule has 1 heterocycles. The van der Waals surface area contributed by atoms with Crippen molar-refractivity contribution in [2.75, 3.05) is 13.1 Å². The van der Waals surface area contributed by atoms with E-state index in [1.165, 1.54) is 22.3 Å². The molecule has 2 heteroatoms.